The lowest BCUT2D eigenvalue weighted by Crippen LogP contribution is -2.30. The average Bonchev–Trinajstić information content (AvgIpc) is 3.39. The van der Waals surface area contributed by atoms with Crippen LogP contribution in [0.3, 0.4) is 0 Å². The molecule has 0 unspecified atom stereocenters. The molecule has 3 heterocycles. The number of rotatable bonds is 5. The molecule has 3 aromatic rings. The number of nitrogens with zero attached hydrogens (tertiary/aromatic N) is 2. The minimum Gasteiger partial charge on any atom is -0.332 e. The van der Waals surface area contributed by atoms with E-state index < -0.39 is 10.0 Å². The minimum absolute atomic E-state index is 0.0697. The topological polar surface area (TPSA) is 79.4 Å². The molecule has 0 spiro atoms. The summed E-state index contributed by atoms with van der Waals surface area (Å²) in [4.78, 5) is 18.8. The second-order valence-electron chi connectivity index (χ2n) is 6.58. The van der Waals surface area contributed by atoms with Crippen LogP contribution in [0.5, 0.6) is 0 Å². The maximum atomic E-state index is 13.0. The van der Waals surface area contributed by atoms with Crippen molar-refractivity contribution in [3.05, 3.63) is 76.7 Å². The van der Waals surface area contributed by atoms with Gasteiger partial charge in [0.1, 0.15) is 0 Å². The van der Waals surface area contributed by atoms with Gasteiger partial charge >= 0.3 is 0 Å². The molecule has 1 fully saturated rings. The molecule has 144 valence electrons. The van der Waals surface area contributed by atoms with Crippen molar-refractivity contribution in [3.8, 4) is 0 Å². The summed E-state index contributed by atoms with van der Waals surface area (Å²) in [6, 6.07) is 11.4. The van der Waals surface area contributed by atoms with E-state index in [-0.39, 0.29) is 16.8 Å². The molecule has 0 aliphatic carbocycles. The summed E-state index contributed by atoms with van der Waals surface area (Å²) in [6.07, 6.45) is 4.94. The van der Waals surface area contributed by atoms with Gasteiger partial charge in [0, 0.05) is 24.5 Å². The highest BCUT2D eigenvalue weighted by Crippen LogP contribution is 2.34. The van der Waals surface area contributed by atoms with E-state index >= 15 is 0 Å². The van der Waals surface area contributed by atoms with Gasteiger partial charge in [-0.2, -0.15) is 11.3 Å². The van der Waals surface area contributed by atoms with Crippen LogP contribution in [0.15, 0.2) is 70.5 Å². The fourth-order valence-corrected chi connectivity index (χ4v) is 5.16. The smallest absolute Gasteiger partial charge is 0.261 e. The quantitative estimate of drug-likeness (QED) is 0.688. The molecule has 28 heavy (non-hydrogen) atoms. The van der Waals surface area contributed by atoms with E-state index in [9.17, 15) is 13.2 Å². The van der Waals surface area contributed by atoms with Crippen LogP contribution in [0.4, 0.5) is 5.69 Å². The maximum absolute atomic E-state index is 13.0. The van der Waals surface area contributed by atoms with Crippen molar-refractivity contribution in [3.63, 3.8) is 0 Å². The van der Waals surface area contributed by atoms with Gasteiger partial charge in [0.05, 0.1) is 16.6 Å². The second-order valence-corrected chi connectivity index (χ2v) is 9.04. The van der Waals surface area contributed by atoms with Crippen LogP contribution in [0.1, 0.15) is 34.8 Å². The number of likely N-dealkylation sites (tertiary alicyclic amines) is 1. The first-order valence-corrected chi connectivity index (χ1v) is 11.3. The predicted octanol–water partition coefficient (Wildman–Crippen LogP) is 3.92. The molecule has 1 amide bonds. The zero-order valence-electron chi connectivity index (χ0n) is 15.0. The first-order valence-electron chi connectivity index (χ1n) is 8.90. The lowest BCUT2D eigenvalue weighted by molar-refractivity contribution is 0.0736. The molecule has 8 heteroatoms. The fraction of sp³-hybridized carbons (Fsp3) is 0.200. The summed E-state index contributed by atoms with van der Waals surface area (Å²) in [7, 11) is -3.72. The van der Waals surface area contributed by atoms with E-state index in [1.54, 1.807) is 35.6 Å². The third kappa shape index (κ3) is 3.79. The van der Waals surface area contributed by atoms with Crippen LogP contribution < -0.4 is 4.72 Å². The van der Waals surface area contributed by atoms with E-state index in [0.717, 1.165) is 18.4 Å². The monoisotopic (exact) mass is 413 g/mol. The SMILES string of the molecule is O=C(c1ccc(S(=O)(=O)Nc2ccncc2)cc1)N1CCC[C@H]1c1ccsc1. The van der Waals surface area contributed by atoms with Gasteiger partial charge in [-0.05, 0) is 71.6 Å². The molecule has 1 aliphatic heterocycles. The van der Waals surface area contributed by atoms with E-state index in [4.69, 9.17) is 0 Å². The summed E-state index contributed by atoms with van der Waals surface area (Å²) >= 11 is 1.63. The van der Waals surface area contributed by atoms with Gasteiger partial charge in [0.2, 0.25) is 0 Å². The molecule has 6 nitrogen and oxygen atoms in total. The second kappa shape index (κ2) is 7.73. The number of benzene rings is 1. The van der Waals surface area contributed by atoms with Gasteiger partial charge in [-0.25, -0.2) is 8.42 Å². The number of aromatic nitrogens is 1. The van der Waals surface area contributed by atoms with E-state index in [1.165, 1.54) is 24.5 Å². The Hall–Kier alpha value is -2.71. The Balaban J connectivity index is 1.52. The van der Waals surface area contributed by atoms with E-state index in [0.29, 0.717) is 17.8 Å². The lowest BCUT2D eigenvalue weighted by Gasteiger charge is -2.24. The molecule has 1 atom stereocenters. The Labute approximate surface area is 167 Å². The van der Waals surface area contributed by atoms with Crippen LogP contribution in [-0.4, -0.2) is 30.8 Å². The van der Waals surface area contributed by atoms with Gasteiger partial charge in [-0.3, -0.25) is 14.5 Å². The number of hydrogen-bond donors (Lipinski definition) is 1. The number of sulfonamides is 1. The first kappa shape index (κ1) is 18.6. The summed E-state index contributed by atoms with van der Waals surface area (Å²) < 4.78 is 27.5. The molecule has 0 radical (unpaired) electrons. The Morgan fingerprint density at radius 2 is 1.86 bits per heavy atom. The highest BCUT2D eigenvalue weighted by Gasteiger charge is 2.31. The van der Waals surface area contributed by atoms with Crippen molar-refractivity contribution in [1.82, 2.24) is 9.88 Å². The molecule has 0 bridgehead atoms. The normalized spacial score (nSPS) is 16.9. The zero-order valence-corrected chi connectivity index (χ0v) is 16.6. The number of pyridine rings is 1. The molecular weight excluding hydrogens is 394 g/mol. The Kier molecular flexibility index (Phi) is 5.15. The molecule has 1 N–H and O–H groups in total. The van der Waals surface area contributed by atoms with Crippen LogP contribution in [-0.2, 0) is 10.0 Å². The van der Waals surface area contributed by atoms with Gasteiger partial charge in [0.15, 0.2) is 0 Å². The summed E-state index contributed by atoms with van der Waals surface area (Å²) in [5, 5.41) is 4.10. The number of hydrogen-bond acceptors (Lipinski definition) is 5. The first-order chi connectivity index (χ1) is 13.5. The molecule has 4 rings (SSSR count). The zero-order chi connectivity index (χ0) is 19.6. The van der Waals surface area contributed by atoms with Crippen molar-refractivity contribution >= 4 is 33.0 Å². The molecular formula is C20H19N3O3S2. The third-order valence-corrected chi connectivity index (χ3v) is 6.88. The molecule has 1 saturated heterocycles. The minimum atomic E-state index is -3.72. The van der Waals surface area contributed by atoms with Crippen LogP contribution in [0, 0.1) is 0 Å². The lowest BCUT2D eigenvalue weighted by atomic mass is 10.1. The molecule has 0 saturated carbocycles. The van der Waals surface area contributed by atoms with Crippen molar-refractivity contribution in [2.45, 2.75) is 23.8 Å². The summed E-state index contributed by atoms with van der Waals surface area (Å²) in [5.41, 5.74) is 2.09. The van der Waals surface area contributed by atoms with Crippen LogP contribution in [0.2, 0.25) is 0 Å². The van der Waals surface area contributed by atoms with Crippen molar-refractivity contribution in [2.75, 3.05) is 11.3 Å². The number of anilines is 1. The van der Waals surface area contributed by atoms with Crippen molar-refractivity contribution < 1.29 is 13.2 Å². The van der Waals surface area contributed by atoms with Gasteiger partial charge in [-0.15, -0.1) is 0 Å². The third-order valence-electron chi connectivity index (χ3n) is 4.79. The highest BCUT2D eigenvalue weighted by atomic mass is 32.2. The number of carbonyl (C=O) groups excluding carboxylic acids is 1. The number of amides is 1. The molecule has 1 aromatic carbocycles. The average molecular weight is 414 g/mol. The number of thiophene rings is 1. The van der Waals surface area contributed by atoms with Crippen LogP contribution >= 0.6 is 11.3 Å². The van der Waals surface area contributed by atoms with Crippen molar-refractivity contribution in [1.29, 1.82) is 0 Å². The highest BCUT2D eigenvalue weighted by molar-refractivity contribution is 7.92. The van der Waals surface area contributed by atoms with Crippen molar-refractivity contribution in [2.24, 2.45) is 0 Å². The summed E-state index contributed by atoms with van der Waals surface area (Å²) in [6.45, 7) is 0.711. The molecule has 2 aromatic heterocycles. The number of carbonyl (C=O) groups is 1. The van der Waals surface area contributed by atoms with E-state index in [1.807, 2.05) is 10.3 Å². The van der Waals surface area contributed by atoms with E-state index in [2.05, 4.69) is 21.2 Å². The Morgan fingerprint density at radius 1 is 1.11 bits per heavy atom. The van der Waals surface area contributed by atoms with Gasteiger partial charge < -0.3 is 4.90 Å². The standard InChI is InChI=1S/C20H19N3O3S2/c24-20(23-12-1-2-19(23)16-9-13-27-14-16)15-3-5-18(6-4-15)28(25,26)22-17-7-10-21-11-8-17/h3-11,13-14,19H,1-2,12H2,(H,21,22)/t19-/m0/s1. The largest absolute Gasteiger partial charge is 0.332 e. The Bertz CT molecular complexity index is 1050. The van der Waals surface area contributed by atoms with Gasteiger partial charge in [0.25, 0.3) is 15.9 Å². The predicted molar refractivity (Wildman–Crippen MR) is 109 cm³/mol. The number of nitrogens with one attached hydrogen (secondary N) is 1. The van der Waals surface area contributed by atoms with Gasteiger partial charge in [-0.1, -0.05) is 0 Å². The maximum Gasteiger partial charge on any atom is 0.261 e. The summed E-state index contributed by atoms with van der Waals surface area (Å²) in [5.74, 6) is -0.0697. The Morgan fingerprint density at radius 3 is 2.54 bits per heavy atom. The van der Waals surface area contributed by atoms with Crippen LogP contribution in [0.25, 0.3) is 0 Å². The fourth-order valence-electron chi connectivity index (χ4n) is 3.40. The molecule has 1 aliphatic rings.